The van der Waals surface area contributed by atoms with Gasteiger partial charge in [0.15, 0.2) is 35.1 Å². The number of rotatable bonds is 12. The van der Waals surface area contributed by atoms with Crippen molar-refractivity contribution in [2.24, 2.45) is 28.7 Å². The van der Waals surface area contributed by atoms with E-state index in [1.54, 1.807) is 11.7 Å². The van der Waals surface area contributed by atoms with E-state index in [2.05, 4.69) is 30.8 Å². The van der Waals surface area contributed by atoms with Crippen LogP contribution in [0.3, 0.4) is 0 Å². The summed E-state index contributed by atoms with van der Waals surface area (Å²) in [7, 11) is 1.62. The van der Waals surface area contributed by atoms with E-state index < -0.39 is 58.7 Å². The van der Waals surface area contributed by atoms with Gasteiger partial charge in [-0.3, -0.25) is 19.8 Å². The second kappa shape index (κ2) is 13.2. The number of carboxylic acids is 2. The molecule has 4 heterocycles. The molecule has 22 heteroatoms. The van der Waals surface area contributed by atoms with Crippen LogP contribution in [0.25, 0.3) is 0 Å². The summed E-state index contributed by atoms with van der Waals surface area (Å²) in [6, 6.07) is -1.65. The van der Waals surface area contributed by atoms with Gasteiger partial charge in [-0.05, 0) is 25.8 Å². The molecule has 4 amide bonds. The van der Waals surface area contributed by atoms with Gasteiger partial charge in [0, 0.05) is 24.4 Å². The first-order valence-electron chi connectivity index (χ1n) is 13.2. The van der Waals surface area contributed by atoms with Gasteiger partial charge in [-0.1, -0.05) is 5.16 Å². The first kappa shape index (κ1) is 33.4. The number of aliphatic imine (C=N–C) groups is 1. The minimum absolute atomic E-state index is 0.0207. The maximum Gasteiger partial charge on any atom is 0.352 e. The van der Waals surface area contributed by atoms with Crippen LogP contribution in [0.2, 0.25) is 0 Å². The lowest BCUT2D eigenvalue weighted by Gasteiger charge is -2.49. The van der Waals surface area contributed by atoms with E-state index in [0.717, 1.165) is 16.8 Å². The minimum atomic E-state index is -1.79. The summed E-state index contributed by atoms with van der Waals surface area (Å²) < 4.78 is 5.84. The molecule has 0 saturated carbocycles. The number of nitrogen functional groups attached to an aromatic ring is 1. The second-order valence-electron chi connectivity index (χ2n) is 10.3. The number of urea groups is 1. The van der Waals surface area contributed by atoms with E-state index >= 15 is 0 Å². The average molecular weight is 670 g/mol. The van der Waals surface area contributed by atoms with Crippen molar-refractivity contribution < 1.29 is 43.7 Å². The van der Waals surface area contributed by atoms with Gasteiger partial charge in [0.2, 0.25) is 11.8 Å². The average Bonchev–Trinajstić information content (AvgIpc) is 3.52. The molecule has 45 heavy (non-hydrogen) atoms. The molecule has 3 aliphatic rings. The van der Waals surface area contributed by atoms with Crippen LogP contribution >= 0.6 is 23.7 Å². The Balaban J connectivity index is 1.52. The third kappa shape index (κ3) is 6.92. The number of amidine groups is 1. The van der Waals surface area contributed by atoms with Crippen molar-refractivity contribution in [1.82, 2.24) is 24.9 Å². The van der Waals surface area contributed by atoms with E-state index in [-0.39, 0.29) is 47.8 Å². The molecule has 3 atom stereocenters. The molecule has 3 aliphatic heterocycles. The number of nitrogens with one attached hydrogen (secondary N) is 4. The van der Waals surface area contributed by atoms with E-state index in [1.807, 2.05) is 0 Å². The van der Waals surface area contributed by atoms with E-state index in [0.29, 0.717) is 5.57 Å². The highest BCUT2D eigenvalue weighted by atomic mass is 32.2. The molecule has 244 valence electrons. The lowest BCUT2D eigenvalue weighted by molar-refractivity contribution is -0.765. The number of hydrogen-bond acceptors (Lipinski definition) is 14. The smallest absolute Gasteiger partial charge is 0.352 e. The summed E-state index contributed by atoms with van der Waals surface area (Å²) in [6.45, 7) is 2.97. The summed E-state index contributed by atoms with van der Waals surface area (Å²) >= 11 is 2.14. The predicted molar refractivity (Wildman–Crippen MR) is 162 cm³/mol. The van der Waals surface area contributed by atoms with E-state index in [1.165, 1.54) is 36.5 Å². The third-order valence-corrected chi connectivity index (χ3v) is 8.76. The van der Waals surface area contributed by atoms with Crippen LogP contribution in [-0.2, 0) is 37.6 Å². The van der Waals surface area contributed by atoms with Crippen LogP contribution in [0, 0.1) is 0 Å². The monoisotopic (exact) mass is 669 g/mol. The van der Waals surface area contributed by atoms with Crippen LogP contribution in [0.5, 0.6) is 0 Å². The maximum absolute atomic E-state index is 13.3. The molecule has 0 aliphatic carbocycles. The summed E-state index contributed by atoms with van der Waals surface area (Å²) in [5.74, 6) is -3.89. The van der Waals surface area contributed by atoms with Crippen molar-refractivity contribution in [3.63, 3.8) is 0 Å². The number of nitrogens with zero attached hydrogens (tertiary/aromatic N) is 5. The van der Waals surface area contributed by atoms with Crippen molar-refractivity contribution >= 4 is 75.9 Å². The van der Waals surface area contributed by atoms with Crippen LogP contribution in [0.4, 0.5) is 16.3 Å². The molecular formula is C23H33N12O8S2+. The van der Waals surface area contributed by atoms with E-state index in [4.69, 9.17) is 22.0 Å². The van der Waals surface area contributed by atoms with E-state index in [9.17, 15) is 34.2 Å². The molecule has 2 unspecified atom stereocenters. The number of aliphatic carboxylic acids is 2. The number of hydrogen-bond donors (Lipinski definition) is 9. The largest absolute Gasteiger partial charge is 0.478 e. The third-order valence-electron chi connectivity index (χ3n) is 6.77. The minimum Gasteiger partial charge on any atom is -0.478 e. The zero-order valence-electron chi connectivity index (χ0n) is 24.3. The Labute approximate surface area is 263 Å². The Morgan fingerprint density at radius 3 is 2.60 bits per heavy atom. The number of thioether (sulfide) groups is 1. The highest BCUT2D eigenvalue weighted by molar-refractivity contribution is 8.12. The van der Waals surface area contributed by atoms with Gasteiger partial charge in [0.1, 0.15) is 17.1 Å². The molecular weight excluding hydrogens is 636 g/mol. The van der Waals surface area contributed by atoms with Gasteiger partial charge in [-0.2, -0.15) is 0 Å². The Kier molecular flexibility index (Phi) is 9.79. The number of fused-ring (bicyclic) bond motifs is 1. The number of β-lactam (4-membered cyclic amide) rings is 1. The number of carboxylic acid groups (broad SMARTS) is 2. The number of amides is 4. The fourth-order valence-corrected chi connectivity index (χ4v) is 6.15. The normalized spacial score (nSPS) is 21.5. The summed E-state index contributed by atoms with van der Waals surface area (Å²) in [6.07, 6.45) is 0.424. The van der Waals surface area contributed by atoms with Gasteiger partial charge in [0.25, 0.3) is 11.8 Å². The van der Waals surface area contributed by atoms with Crippen molar-refractivity contribution in [3.05, 3.63) is 17.5 Å². The molecule has 20 nitrogen and oxygen atoms in total. The molecule has 0 radical (unpaired) electrons. The second-order valence-corrected chi connectivity index (χ2v) is 12.3. The van der Waals surface area contributed by atoms with Crippen molar-refractivity contribution in [2.75, 3.05) is 29.9 Å². The van der Waals surface area contributed by atoms with Crippen molar-refractivity contribution in [2.45, 2.75) is 43.6 Å². The molecule has 0 spiro atoms. The molecule has 12 N–H and O–H groups in total. The Morgan fingerprint density at radius 2 is 2.00 bits per heavy atom. The van der Waals surface area contributed by atoms with Crippen LogP contribution in [-0.4, -0.2) is 102 Å². The van der Waals surface area contributed by atoms with Gasteiger partial charge in [-0.15, -0.1) is 21.1 Å². The quantitative estimate of drug-likeness (QED) is 0.0349. The molecule has 0 bridgehead atoms. The fourth-order valence-electron chi connectivity index (χ4n) is 4.26. The Morgan fingerprint density at radius 1 is 1.29 bits per heavy atom. The Hall–Kier alpha value is -4.54. The number of anilines is 2. The SMILES string of the molecule is Cn1c(N)c(NC(=O)NCCN)c[n+]1CC1=C(C(=O)O)N2C(=O)[C@@H](NC(=O)/C(=N\OC(C)(C)C(=O)O)C3N=C(N)SN3)C2SC1. The molecule has 1 saturated heterocycles. The number of carbonyl (C=O) groups is 5. The first-order chi connectivity index (χ1) is 21.2. The lowest BCUT2D eigenvalue weighted by atomic mass is 10.0. The maximum atomic E-state index is 13.3. The van der Waals surface area contributed by atoms with Gasteiger partial charge in [-0.25, -0.2) is 24.1 Å². The van der Waals surface area contributed by atoms with Gasteiger partial charge in [0.05, 0.1) is 7.05 Å². The molecule has 1 fully saturated rings. The summed E-state index contributed by atoms with van der Waals surface area (Å²) in [5, 5.41) is 30.2. The van der Waals surface area contributed by atoms with Crippen LogP contribution < -0.4 is 42.6 Å². The molecule has 0 aromatic carbocycles. The summed E-state index contributed by atoms with van der Waals surface area (Å²) in [4.78, 5) is 72.7. The number of oxime groups is 1. The topological polar surface area (TPSA) is 298 Å². The highest BCUT2D eigenvalue weighted by Crippen LogP contribution is 2.40. The predicted octanol–water partition coefficient (Wildman–Crippen LogP) is -3.16. The number of nitrogens with two attached hydrogens (primary N) is 3. The number of carbonyl (C=O) groups excluding carboxylic acids is 3. The van der Waals surface area contributed by atoms with Crippen molar-refractivity contribution in [3.8, 4) is 0 Å². The van der Waals surface area contributed by atoms with Crippen LogP contribution in [0.15, 0.2) is 27.6 Å². The lowest BCUT2D eigenvalue weighted by Crippen LogP contribution is -2.71. The standard InChI is InChI=1S/C23H32N12O8S2/c1-23(2,20(40)41)43-31-11(15-30-21(26)45-32-15)16(36)29-12-17(37)35-13(19(38)39)9(8-44-18(12)35)6-34-7-10(14(25)33(34)3)28-22(42)27-5-4-24/h7,12,15,18,25,32H,4-6,8,24H2,1-3H3,(H7,26,27,28,29,30,36,38,39,40,41,42)/p+1/b31-11-/t12-,15?,18?/m1/s1. The first-order valence-corrected chi connectivity index (χ1v) is 15.1. The molecule has 1 aromatic rings. The Bertz CT molecular complexity index is 1520. The zero-order valence-corrected chi connectivity index (χ0v) is 25.9. The molecule has 4 rings (SSSR count). The highest BCUT2D eigenvalue weighted by Gasteiger charge is 2.55. The van der Waals surface area contributed by atoms with Gasteiger partial charge >= 0.3 is 18.0 Å². The van der Waals surface area contributed by atoms with Gasteiger partial charge < -0.3 is 42.9 Å². The van der Waals surface area contributed by atoms with Crippen molar-refractivity contribution in [1.29, 1.82) is 0 Å². The summed E-state index contributed by atoms with van der Waals surface area (Å²) in [5.41, 5.74) is 15.4. The fraction of sp³-hybridized carbons (Fsp3) is 0.478. The number of aromatic nitrogens is 2. The molecule has 1 aromatic heterocycles. The van der Waals surface area contributed by atoms with Crippen LogP contribution in [0.1, 0.15) is 13.8 Å². The zero-order chi connectivity index (χ0) is 33.2.